The molecule has 0 aromatic carbocycles. The SMILES string of the molecule is CCNC1COCC1C(=O)C1CCCc2cccnc21. The number of aryl methyl sites for hydroxylation is 1. The van der Waals surface area contributed by atoms with Gasteiger partial charge in [0.25, 0.3) is 0 Å². The van der Waals surface area contributed by atoms with Crippen molar-refractivity contribution in [1.82, 2.24) is 10.3 Å². The topological polar surface area (TPSA) is 51.2 Å². The van der Waals surface area contributed by atoms with E-state index in [0.717, 1.165) is 31.5 Å². The molecule has 0 radical (unpaired) electrons. The van der Waals surface area contributed by atoms with Gasteiger partial charge in [-0.15, -0.1) is 0 Å². The van der Waals surface area contributed by atoms with E-state index in [1.807, 2.05) is 6.07 Å². The van der Waals surface area contributed by atoms with Crippen molar-refractivity contribution in [2.75, 3.05) is 19.8 Å². The van der Waals surface area contributed by atoms with Crippen LogP contribution in [0.3, 0.4) is 0 Å². The van der Waals surface area contributed by atoms with E-state index in [1.165, 1.54) is 5.56 Å². The summed E-state index contributed by atoms with van der Waals surface area (Å²) in [6, 6.07) is 4.24. The molecule has 2 aliphatic rings. The summed E-state index contributed by atoms with van der Waals surface area (Å²) >= 11 is 0. The highest BCUT2D eigenvalue weighted by Crippen LogP contribution is 2.34. The van der Waals surface area contributed by atoms with Gasteiger partial charge in [-0.05, 0) is 37.4 Å². The lowest BCUT2D eigenvalue weighted by Crippen LogP contribution is -2.41. The van der Waals surface area contributed by atoms with Crippen LogP contribution in [0.5, 0.6) is 0 Å². The summed E-state index contributed by atoms with van der Waals surface area (Å²) in [5.41, 5.74) is 2.25. The smallest absolute Gasteiger partial charge is 0.148 e. The molecule has 0 bridgehead atoms. The van der Waals surface area contributed by atoms with E-state index in [1.54, 1.807) is 6.20 Å². The number of nitrogens with one attached hydrogen (secondary N) is 1. The van der Waals surface area contributed by atoms with Crippen molar-refractivity contribution >= 4 is 5.78 Å². The monoisotopic (exact) mass is 274 g/mol. The molecular formula is C16H22N2O2. The van der Waals surface area contributed by atoms with Crippen molar-refractivity contribution in [2.24, 2.45) is 5.92 Å². The molecule has 1 aliphatic carbocycles. The van der Waals surface area contributed by atoms with Gasteiger partial charge in [0.15, 0.2) is 0 Å². The first-order valence-electron chi connectivity index (χ1n) is 7.60. The molecule has 1 aliphatic heterocycles. The maximum absolute atomic E-state index is 12.9. The van der Waals surface area contributed by atoms with Gasteiger partial charge < -0.3 is 10.1 Å². The zero-order valence-corrected chi connectivity index (χ0v) is 12.0. The quantitative estimate of drug-likeness (QED) is 0.908. The molecule has 0 amide bonds. The number of Topliss-reactive ketones (excluding diaryl/α,β-unsaturated/α-hetero) is 1. The number of ether oxygens (including phenoxy) is 1. The summed E-state index contributed by atoms with van der Waals surface area (Å²) in [5, 5.41) is 3.37. The summed E-state index contributed by atoms with van der Waals surface area (Å²) in [6.45, 7) is 4.13. The van der Waals surface area contributed by atoms with Gasteiger partial charge in [-0.1, -0.05) is 13.0 Å². The molecule has 20 heavy (non-hydrogen) atoms. The van der Waals surface area contributed by atoms with Crippen LogP contribution in [0.15, 0.2) is 18.3 Å². The van der Waals surface area contributed by atoms with Gasteiger partial charge in [0.2, 0.25) is 0 Å². The molecule has 4 heteroatoms. The minimum atomic E-state index is -0.0344. The Kier molecular flexibility index (Phi) is 4.13. The van der Waals surface area contributed by atoms with Crippen LogP contribution in [0.4, 0.5) is 0 Å². The first-order chi connectivity index (χ1) is 9.81. The molecule has 4 nitrogen and oxygen atoms in total. The number of fused-ring (bicyclic) bond motifs is 1. The standard InChI is InChI=1S/C16H22N2O2/c1-2-17-14-10-20-9-13(14)16(19)12-7-3-5-11-6-4-8-18-15(11)12/h4,6,8,12-14,17H,2-3,5,7,9-10H2,1H3. The van der Waals surface area contributed by atoms with E-state index in [2.05, 4.69) is 23.3 Å². The van der Waals surface area contributed by atoms with E-state index in [9.17, 15) is 4.79 Å². The first-order valence-corrected chi connectivity index (χ1v) is 7.60. The molecule has 3 rings (SSSR count). The Labute approximate surface area is 119 Å². The lowest BCUT2D eigenvalue weighted by Gasteiger charge is -2.27. The van der Waals surface area contributed by atoms with Crippen LogP contribution in [-0.4, -0.2) is 36.6 Å². The summed E-state index contributed by atoms with van der Waals surface area (Å²) in [4.78, 5) is 17.4. The number of carbonyl (C=O) groups excluding carboxylic acids is 1. The Morgan fingerprint density at radius 2 is 2.40 bits per heavy atom. The third-order valence-corrected chi connectivity index (χ3v) is 4.45. The molecule has 108 valence electrons. The number of hydrogen-bond acceptors (Lipinski definition) is 4. The molecule has 0 spiro atoms. The highest BCUT2D eigenvalue weighted by molar-refractivity contribution is 5.89. The maximum Gasteiger partial charge on any atom is 0.148 e. The molecular weight excluding hydrogens is 252 g/mol. The average molecular weight is 274 g/mol. The zero-order valence-electron chi connectivity index (χ0n) is 12.0. The zero-order chi connectivity index (χ0) is 13.9. The second kappa shape index (κ2) is 6.02. The molecule has 1 aromatic rings. The normalized spacial score (nSPS) is 29.1. The second-order valence-corrected chi connectivity index (χ2v) is 5.70. The van der Waals surface area contributed by atoms with Crippen molar-refractivity contribution < 1.29 is 9.53 Å². The van der Waals surface area contributed by atoms with Crippen LogP contribution in [0.25, 0.3) is 0 Å². The van der Waals surface area contributed by atoms with Gasteiger partial charge in [0.05, 0.1) is 30.7 Å². The summed E-state index contributed by atoms with van der Waals surface area (Å²) < 4.78 is 5.52. The number of likely N-dealkylation sites (N-methyl/N-ethyl adjacent to an activating group) is 1. The fourth-order valence-electron chi connectivity index (χ4n) is 3.44. The van der Waals surface area contributed by atoms with Crippen molar-refractivity contribution in [2.45, 2.75) is 38.1 Å². The van der Waals surface area contributed by atoms with Crippen molar-refractivity contribution in [1.29, 1.82) is 0 Å². The van der Waals surface area contributed by atoms with Gasteiger partial charge in [-0.2, -0.15) is 0 Å². The molecule has 3 atom stereocenters. The Bertz CT molecular complexity index is 489. The van der Waals surface area contributed by atoms with Crippen LogP contribution in [0, 0.1) is 5.92 Å². The van der Waals surface area contributed by atoms with Crippen LogP contribution >= 0.6 is 0 Å². The molecule has 1 N–H and O–H groups in total. The van der Waals surface area contributed by atoms with Gasteiger partial charge in [-0.25, -0.2) is 0 Å². The van der Waals surface area contributed by atoms with Gasteiger partial charge in [0.1, 0.15) is 5.78 Å². The van der Waals surface area contributed by atoms with Crippen LogP contribution in [-0.2, 0) is 16.0 Å². The first kappa shape index (κ1) is 13.7. The van der Waals surface area contributed by atoms with Gasteiger partial charge in [0, 0.05) is 12.2 Å². The Morgan fingerprint density at radius 3 is 3.25 bits per heavy atom. The molecule has 2 heterocycles. The summed E-state index contributed by atoms with van der Waals surface area (Å²) in [7, 11) is 0. The average Bonchev–Trinajstić information content (AvgIpc) is 2.94. The molecule has 1 fully saturated rings. The van der Waals surface area contributed by atoms with Crippen LogP contribution in [0.2, 0.25) is 0 Å². The van der Waals surface area contributed by atoms with E-state index in [0.29, 0.717) is 19.0 Å². The van der Waals surface area contributed by atoms with E-state index in [4.69, 9.17) is 4.74 Å². The van der Waals surface area contributed by atoms with Gasteiger partial charge in [-0.3, -0.25) is 9.78 Å². The van der Waals surface area contributed by atoms with Crippen molar-refractivity contribution in [3.63, 3.8) is 0 Å². The van der Waals surface area contributed by atoms with Crippen LogP contribution < -0.4 is 5.32 Å². The maximum atomic E-state index is 12.9. The van der Waals surface area contributed by atoms with Gasteiger partial charge >= 0.3 is 0 Å². The number of pyridine rings is 1. The third kappa shape index (κ3) is 2.50. The van der Waals surface area contributed by atoms with E-state index < -0.39 is 0 Å². The molecule has 0 saturated carbocycles. The molecule has 1 aromatic heterocycles. The highest BCUT2D eigenvalue weighted by Gasteiger charge is 2.39. The summed E-state index contributed by atoms with van der Waals surface area (Å²) in [6.07, 6.45) is 4.86. The van der Waals surface area contributed by atoms with Crippen molar-refractivity contribution in [3.8, 4) is 0 Å². The van der Waals surface area contributed by atoms with E-state index >= 15 is 0 Å². The van der Waals surface area contributed by atoms with Crippen LogP contribution in [0.1, 0.15) is 36.9 Å². The van der Waals surface area contributed by atoms with E-state index in [-0.39, 0.29) is 17.9 Å². The molecule has 3 unspecified atom stereocenters. The number of hydrogen-bond donors (Lipinski definition) is 1. The fourth-order valence-corrected chi connectivity index (χ4v) is 3.44. The predicted molar refractivity (Wildman–Crippen MR) is 76.7 cm³/mol. The minimum Gasteiger partial charge on any atom is -0.379 e. The Hall–Kier alpha value is -1.26. The fraction of sp³-hybridized carbons (Fsp3) is 0.625. The molecule has 1 saturated heterocycles. The lowest BCUT2D eigenvalue weighted by molar-refractivity contribution is -0.125. The second-order valence-electron chi connectivity index (χ2n) is 5.70. The number of carbonyl (C=O) groups is 1. The number of nitrogens with zero attached hydrogens (tertiary/aromatic N) is 1. The van der Waals surface area contributed by atoms with Crippen molar-refractivity contribution in [3.05, 3.63) is 29.6 Å². The Morgan fingerprint density at radius 1 is 1.50 bits per heavy atom. The minimum absolute atomic E-state index is 0.0205. The third-order valence-electron chi connectivity index (χ3n) is 4.45. The number of rotatable bonds is 4. The summed E-state index contributed by atoms with van der Waals surface area (Å²) in [5.74, 6) is 0.258. The predicted octanol–water partition coefficient (Wildman–Crippen LogP) is 1.70. The highest BCUT2D eigenvalue weighted by atomic mass is 16.5. The lowest BCUT2D eigenvalue weighted by atomic mass is 9.79. The number of aromatic nitrogens is 1. The number of ketones is 1. The largest absolute Gasteiger partial charge is 0.379 e. The Balaban J connectivity index is 1.81.